The highest BCUT2D eigenvalue weighted by Gasteiger charge is 2.28. The number of hydrogen-bond donors (Lipinski definition) is 2. The molecule has 160 valence electrons. The third-order valence-electron chi connectivity index (χ3n) is 5.61. The van der Waals surface area contributed by atoms with E-state index in [0.717, 1.165) is 38.8 Å². The zero-order valence-electron chi connectivity index (χ0n) is 17.4. The van der Waals surface area contributed by atoms with Gasteiger partial charge in [0.05, 0.1) is 10.7 Å². The highest BCUT2D eigenvalue weighted by molar-refractivity contribution is 6.30. The van der Waals surface area contributed by atoms with Gasteiger partial charge in [0.1, 0.15) is 5.82 Å². The summed E-state index contributed by atoms with van der Waals surface area (Å²) in [5, 5.41) is 6.07. The predicted molar refractivity (Wildman–Crippen MR) is 119 cm³/mol. The summed E-state index contributed by atoms with van der Waals surface area (Å²) in [6.07, 6.45) is 6.87. The highest BCUT2D eigenvalue weighted by atomic mass is 35.5. The van der Waals surface area contributed by atoms with Gasteiger partial charge in [0.15, 0.2) is 5.69 Å². The molecule has 0 saturated carbocycles. The number of pyridine rings is 2. The number of aromatic nitrogens is 2. The Morgan fingerprint density at radius 3 is 2.50 bits per heavy atom. The maximum absolute atomic E-state index is 12.8. The molecular weight excluding hydrogens is 402 g/mol. The summed E-state index contributed by atoms with van der Waals surface area (Å²) >= 11 is 5.83. The molecule has 0 spiro atoms. The number of hydrogen-bond acceptors (Lipinski definition) is 5. The first-order valence-corrected chi connectivity index (χ1v) is 10.8. The van der Waals surface area contributed by atoms with Crippen molar-refractivity contribution in [2.75, 3.05) is 23.7 Å². The van der Waals surface area contributed by atoms with Crippen LogP contribution in [0.1, 0.15) is 50.0 Å². The van der Waals surface area contributed by atoms with Crippen molar-refractivity contribution in [3.05, 3.63) is 47.4 Å². The molecule has 7 nitrogen and oxygen atoms in total. The van der Waals surface area contributed by atoms with Crippen LogP contribution in [0, 0.1) is 5.92 Å². The van der Waals surface area contributed by atoms with Crippen molar-refractivity contribution in [3.8, 4) is 0 Å². The Kier molecular flexibility index (Phi) is 7.76. The molecule has 1 aliphatic heterocycles. The van der Waals surface area contributed by atoms with Gasteiger partial charge in [-0.05, 0) is 63.0 Å². The molecule has 30 heavy (non-hydrogen) atoms. The van der Waals surface area contributed by atoms with E-state index in [2.05, 4.69) is 39.3 Å². The standard InChI is InChI=1S/C22H28ClN5O2/c1-3-17(4-2)28-12-9-15(10-13-28)21(29)26-18-6-5-11-24-20(18)22(30)27-19-8-7-16(23)14-25-19/h5-8,11,14-15,17H,3-4,9-10,12-13H2,1-2H3,(H,26,29)(H,25,27,30). The predicted octanol–water partition coefficient (Wildman–Crippen LogP) is 4.22. The average molecular weight is 430 g/mol. The second-order valence-corrected chi connectivity index (χ2v) is 7.92. The number of likely N-dealkylation sites (tertiary alicyclic amines) is 1. The van der Waals surface area contributed by atoms with Crippen molar-refractivity contribution in [1.29, 1.82) is 0 Å². The lowest BCUT2D eigenvalue weighted by Gasteiger charge is -2.36. The SMILES string of the molecule is CCC(CC)N1CCC(C(=O)Nc2cccnc2C(=O)Nc2ccc(Cl)cn2)CC1. The Morgan fingerprint density at radius 1 is 1.13 bits per heavy atom. The van der Waals surface area contributed by atoms with Gasteiger partial charge < -0.3 is 15.5 Å². The summed E-state index contributed by atoms with van der Waals surface area (Å²) in [7, 11) is 0. The summed E-state index contributed by atoms with van der Waals surface area (Å²) in [6.45, 7) is 6.27. The number of rotatable bonds is 7. The number of nitrogens with one attached hydrogen (secondary N) is 2. The van der Waals surface area contributed by atoms with Gasteiger partial charge in [-0.15, -0.1) is 0 Å². The van der Waals surface area contributed by atoms with E-state index in [1.54, 1.807) is 24.3 Å². The van der Waals surface area contributed by atoms with Crippen LogP contribution in [0.3, 0.4) is 0 Å². The molecule has 0 aromatic carbocycles. The molecule has 2 aromatic rings. The first-order valence-electron chi connectivity index (χ1n) is 10.4. The molecule has 1 saturated heterocycles. The molecule has 8 heteroatoms. The van der Waals surface area contributed by atoms with Crippen LogP contribution in [-0.4, -0.2) is 45.8 Å². The van der Waals surface area contributed by atoms with Crippen molar-refractivity contribution in [2.24, 2.45) is 5.92 Å². The summed E-state index contributed by atoms with van der Waals surface area (Å²) in [4.78, 5) is 36.2. The smallest absolute Gasteiger partial charge is 0.277 e. The van der Waals surface area contributed by atoms with Crippen LogP contribution < -0.4 is 10.6 Å². The summed E-state index contributed by atoms with van der Waals surface area (Å²) in [6, 6.07) is 7.22. The Labute approximate surface area is 182 Å². The number of anilines is 2. The molecule has 1 aliphatic rings. The van der Waals surface area contributed by atoms with E-state index in [0.29, 0.717) is 22.6 Å². The first-order chi connectivity index (χ1) is 14.5. The minimum absolute atomic E-state index is 0.0640. The zero-order valence-corrected chi connectivity index (χ0v) is 18.2. The monoisotopic (exact) mass is 429 g/mol. The van der Waals surface area contributed by atoms with Gasteiger partial charge >= 0.3 is 0 Å². The highest BCUT2D eigenvalue weighted by Crippen LogP contribution is 2.24. The fourth-order valence-electron chi connectivity index (χ4n) is 3.88. The van der Waals surface area contributed by atoms with Crippen LogP contribution in [-0.2, 0) is 4.79 Å². The fourth-order valence-corrected chi connectivity index (χ4v) is 3.99. The number of carbonyl (C=O) groups is 2. The topological polar surface area (TPSA) is 87.2 Å². The number of amides is 2. The molecular formula is C22H28ClN5O2. The van der Waals surface area contributed by atoms with E-state index in [9.17, 15) is 9.59 Å². The average Bonchev–Trinajstić information content (AvgIpc) is 2.77. The molecule has 3 heterocycles. The van der Waals surface area contributed by atoms with Gasteiger partial charge in [0.25, 0.3) is 5.91 Å². The number of halogens is 1. The molecule has 2 aromatic heterocycles. The van der Waals surface area contributed by atoms with E-state index in [-0.39, 0.29) is 17.5 Å². The van der Waals surface area contributed by atoms with Crippen molar-refractivity contribution in [3.63, 3.8) is 0 Å². The van der Waals surface area contributed by atoms with E-state index in [1.165, 1.54) is 12.4 Å². The Morgan fingerprint density at radius 2 is 1.87 bits per heavy atom. The molecule has 0 atom stereocenters. The maximum atomic E-state index is 12.8. The quantitative estimate of drug-likeness (QED) is 0.688. The number of carbonyl (C=O) groups excluding carboxylic acids is 2. The molecule has 2 amide bonds. The Balaban J connectivity index is 1.62. The van der Waals surface area contributed by atoms with Crippen LogP contribution in [0.15, 0.2) is 36.7 Å². The van der Waals surface area contributed by atoms with E-state index in [4.69, 9.17) is 11.6 Å². The largest absolute Gasteiger partial charge is 0.324 e. The van der Waals surface area contributed by atoms with Crippen molar-refractivity contribution in [1.82, 2.24) is 14.9 Å². The Bertz CT molecular complexity index is 862. The number of piperidine rings is 1. The van der Waals surface area contributed by atoms with Crippen LogP contribution in [0.5, 0.6) is 0 Å². The zero-order chi connectivity index (χ0) is 21.5. The molecule has 0 radical (unpaired) electrons. The summed E-state index contributed by atoms with van der Waals surface area (Å²) in [5.41, 5.74) is 0.549. The molecule has 2 N–H and O–H groups in total. The fraction of sp³-hybridized carbons (Fsp3) is 0.455. The normalized spacial score (nSPS) is 15.2. The minimum Gasteiger partial charge on any atom is -0.324 e. The molecule has 0 aliphatic carbocycles. The van der Waals surface area contributed by atoms with Gasteiger partial charge in [0.2, 0.25) is 5.91 Å². The maximum Gasteiger partial charge on any atom is 0.277 e. The van der Waals surface area contributed by atoms with E-state index >= 15 is 0 Å². The van der Waals surface area contributed by atoms with Crippen molar-refractivity contribution in [2.45, 2.75) is 45.6 Å². The van der Waals surface area contributed by atoms with E-state index < -0.39 is 5.91 Å². The number of nitrogens with zero attached hydrogens (tertiary/aromatic N) is 3. The second kappa shape index (κ2) is 10.5. The molecule has 3 rings (SSSR count). The van der Waals surface area contributed by atoms with Gasteiger partial charge in [-0.3, -0.25) is 9.59 Å². The van der Waals surface area contributed by atoms with Crippen molar-refractivity contribution >= 4 is 34.9 Å². The second-order valence-electron chi connectivity index (χ2n) is 7.49. The molecule has 0 bridgehead atoms. The van der Waals surface area contributed by atoms with Gasteiger partial charge in [-0.1, -0.05) is 25.4 Å². The van der Waals surface area contributed by atoms with E-state index in [1.807, 2.05) is 0 Å². The molecule has 0 unspecified atom stereocenters. The Hall–Kier alpha value is -2.51. The van der Waals surface area contributed by atoms with Gasteiger partial charge in [0, 0.05) is 24.4 Å². The minimum atomic E-state index is -0.440. The lowest BCUT2D eigenvalue weighted by molar-refractivity contribution is -0.121. The van der Waals surface area contributed by atoms with Crippen LogP contribution in [0.4, 0.5) is 11.5 Å². The third-order valence-corrected chi connectivity index (χ3v) is 5.83. The van der Waals surface area contributed by atoms with Crippen LogP contribution in [0.25, 0.3) is 0 Å². The van der Waals surface area contributed by atoms with Crippen LogP contribution >= 0.6 is 11.6 Å². The summed E-state index contributed by atoms with van der Waals surface area (Å²) < 4.78 is 0. The third kappa shape index (κ3) is 5.55. The first kappa shape index (κ1) is 22.2. The van der Waals surface area contributed by atoms with Crippen LogP contribution in [0.2, 0.25) is 5.02 Å². The van der Waals surface area contributed by atoms with Gasteiger partial charge in [-0.25, -0.2) is 9.97 Å². The lowest BCUT2D eigenvalue weighted by atomic mass is 9.94. The molecule has 1 fully saturated rings. The van der Waals surface area contributed by atoms with Crippen molar-refractivity contribution < 1.29 is 9.59 Å². The lowest BCUT2D eigenvalue weighted by Crippen LogP contribution is -2.43. The summed E-state index contributed by atoms with van der Waals surface area (Å²) in [5.74, 6) is -0.207. The van der Waals surface area contributed by atoms with Gasteiger partial charge in [-0.2, -0.15) is 0 Å².